The van der Waals surface area contributed by atoms with Gasteiger partial charge in [-0.3, -0.25) is 4.68 Å². The normalized spacial score (nSPS) is 10.3. The monoisotopic (exact) mass is 230 g/mol. The third-order valence-electron chi connectivity index (χ3n) is 2.65. The zero-order valence-electron chi connectivity index (χ0n) is 10.5. The van der Waals surface area contributed by atoms with E-state index >= 15 is 0 Å². The summed E-state index contributed by atoms with van der Waals surface area (Å²) >= 11 is 0. The summed E-state index contributed by atoms with van der Waals surface area (Å²) in [4.78, 5) is 2.10. The molecule has 0 aliphatic heterocycles. The fourth-order valence-electron chi connectivity index (χ4n) is 1.63. The van der Waals surface area contributed by atoms with Crippen LogP contribution in [0.1, 0.15) is 5.56 Å². The Morgan fingerprint density at radius 2 is 1.94 bits per heavy atom. The fourth-order valence-corrected chi connectivity index (χ4v) is 1.63. The molecule has 17 heavy (non-hydrogen) atoms. The average molecular weight is 230 g/mol. The Morgan fingerprint density at radius 3 is 2.47 bits per heavy atom. The maximum atomic E-state index is 4.11. The second kappa shape index (κ2) is 4.91. The van der Waals surface area contributed by atoms with Crippen molar-refractivity contribution in [3.05, 3.63) is 42.2 Å². The largest absolute Gasteiger partial charge is 0.378 e. The van der Waals surface area contributed by atoms with Crippen LogP contribution in [0.3, 0.4) is 0 Å². The molecule has 0 amide bonds. The minimum absolute atomic E-state index is 0.819. The molecule has 0 fully saturated rings. The summed E-state index contributed by atoms with van der Waals surface area (Å²) in [6.45, 7) is 0.819. The molecule has 0 atom stereocenters. The summed E-state index contributed by atoms with van der Waals surface area (Å²) in [6.07, 6.45) is 3.79. The van der Waals surface area contributed by atoms with Gasteiger partial charge < -0.3 is 10.2 Å². The first kappa shape index (κ1) is 11.5. The number of nitrogens with zero attached hydrogens (tertiary/aromatic N) is 3. The van der Waals surface area contributed by atoms with Gasteiger partial charge in [-0.15, -0.1) is 0 Å². The van der Waals surface area contributed by atoms with Crippen molar-refractivity contribution in [3.63, 3.8) is 0 Å². The van der Waals surface area contributed by atoms with Crippen molar-refractivity contribution in [2.24, 2.45) is 7.05 Å². The van der Waals surface area contributed by atoms with Gasteiger partial charge >= 0.3 is 0 Å². The lowest BCUT2D eigenvalue weighted by molar-refractivity contribution is 0.768. The van der Waals surface area contributed by atoms with Gasteiger partial charge in [-0.25, -0.2) is 0 Å². The van der Waals surface area contributed by atoms with Gasteiger partial charge in [-0.2, -0.15) is 5.10 Å². The summed E-state index contributed by atoms with van der Waals surface area (Å²) in [7, 11) is 6.00. The average Bonchev–Trinajstić information content (AvgIpc) is 2.73. The van der Waals surface area contributed by atoms with Crippen LogP contribution in [-0.4, -0.2) is 23.9 Å². The molecule has 0 saturated heterocycles. The molecule has 0 radical (unpaired) electrons. The molecule has 1 aromatic heterocycles. The Kier molecular flexibility index (Phi) is 3.32. The van der Waals surface area contributed by atoms with Gasteiger partial charge in [-0.05, 0) is 17.7 Å². The van der Waals surface area contributed by atoms with E-state index in [4.69, 9.17) is 0 Å². The van der Waals surface area contributed by atoms with E-state index in [-0.39, 0.29) is 0 Å². The zero-order valence-corrected chi connectivity index (χ0v) is 10.5. The molecule has 1 N–H and O–H groups in total. The zero-order chi connectivity index (χ0) is 12.3. The first-order valence-electron chi connectivity index (χ1n) is 5.64. The van der Waals surface area contributed by atoms with Crippen molar-refractivity contribution in [1.82, 2.24) is 9.78 Å². The molecule has 90 valence electrons. The second-order valence-electron chi connectivity index (χ2n) is 4.32. The SMILES string of the molecule is CN(C)c1ccc(CNc2cnn(C)c2)cc1. The van der Waals surface area contributed by atoms with Crippen LogP contribution in [-0.2, 0) is 13.6 Å². The van der Waals surface area contributed by atoms with E-state index in [1.54, 1.807) is 4.68 Å². The summed E-state index contributed by atoms with van der Waals surface area (Å²) in [6, 6.07) is 8.53. The maximum Gasteiger partial charge on any atom is 0.0729 e. The maximum absolute atomic E-state index is 4.11. The van der Waals surface area contributed by atoms with Crippen LogP contribution in [0.25, 0.3) is 0 Å². The number of anilines is 2. The Bertz CT molecular complexity index is 470. The third kappa shape index (κ3) is 3.00. The predicted molar refractivity (Wildman–Crippen MR) is 71.3 cm³/mol. The van der Waals surface area contributed by atoms with Gasteiger partial charge in [0.1, 0.15) is 0 Å². The summed E-state index contributed by atoms with van der Waals surface area (Å²) < 4.78 is 1.79. The number of aromatic nitrogens is 2. The van der Waals surface area contributed by atoms with Crippen LogP contribution in [0, 0.1) is 0 Å². The van der Waals surface area contributed by atoms with Crippen molar-refractivity contribution in [1.29, 1.82) is 0 Å². The number of hydrogen-bond donors (Lipinski definition) is 1. The van der Waals surface area contributed by atoms with E-state index in [9.17, 15) is 0 Å². The molecule has 0 saturated carbocycles. The Hall–Kier alpha value is -1.97. The molecule has 1 heterocycles. The lowest BCUT2D eigenvalue weighted by Crippen LogP contribution is -2.08. The van der Waals surface area contributed by atoms with Crippen LogP contribution >= 0.6 is 0 Å². The molecule has 0 unspecified atom stereocenters. The van der Waals surface area contributed by atoms with Gasteiger partial charge in [0.2, 0.25) is 0 Å². The van der Waals surface area contributed by atoms with E-state index < -0.39 is 0 Å². The molecule has 1 aromatic carbocycles. The van der Waals surface area contributed by atoms with Crippen LogP contribution in [0.15, 0.2) is 36.7 Å². The molecule has 2 aromatic rings. The highest BCUT2D eigenvalue weighted by Gasteiger charge is 1.98. The third-order valence-corrected chi connectivity index (χ3v) is 2.65. The molecule has 0 aliphatic carbocycles. The number of rotatable bonds is 4. The van der Waals surface area contributed by atoms with E-state index in [0.29, 0.717) is 0 Å². The molecular weight excluding hydrogens is 212 g/mol. The van der Waals surface area contributed by atoms with Crippen molar-refractivity contribution in [2.45, 2.75) is 6.54 Å². The summed E-state index contributed by atoms with van der Waals surface area (Å²) in [5.41, 5.74) is 3.53. The molecular formula is C13H18N4. The van der Waals surface area contributed by atoms with Crippen LogP contribution in [0.5, 0.6) is 0 Å². The lowest BCUT2D eigenvalue weighted by Gasteiger charge is -2.12. The second-order valence-corrected chi connectivity index (χ2v) is 4.32. The van der Waals surface area contributed by atoms with E-state index in [2.05, 4.69) is 39.6 Å². The van der Waals surface area contributed by atoms with E-state index in [1.165, 1.54) is 11.3 Å². The van der Waals surface area contributed by atoms with Crippen molar-refractivity contribution >= 4 is 11.4 Å². The van der Waals surface area contributed by atoms with Crippen LogP contribution < -0.4 is 10.2 Å². The highest BCUT2D eigenvalue weighted by atomic mass is 15.3. The number of hydrogen-bond acceptors (Lipinski definition) is 3. The lowest BCUT2D eigenvalue weighted by atomic mass is 10.2. The van der Waals surface area contributed by atoms with Crippen molar-refractivity contribution in [2.75, 3.05) is 24.3 Å². The van der Waals surface area contributed by atoms with Crippen molar-refractivity contribution in [3.8, 4) is 0 Å². The van der Waals surface area contributed by atoms with Gasteiger partial charge in [0.05, 0.1) is 11.9 Å². The van der Waals surface area contributed by atoms with E-state index in [1.807, 2.05) is 33.5 Å². The van der Waals surface area contributed by atoms with Gasteiger partial charge in [0, 0.05) is 39.6 Å². The minimum Gasteiger partial charge on any atom is -0.378 e. The molecule has 0 aliphatic rings. The first-order valence-corrected chi connectivity index (χ1v) is 5.64. The van der Waals surface area contributed by atoms with Gasteiger partial charge in [0.15, 0.2) is 0 Å². The Balaban J connectivity index is 1.95. The van der Waals surface area contributed by atoms with Crippen LogP contribution in [0.2, 0.25) is 0 Å². The molecule has 0 bridgehead atoms. The number of nitrogens with one attached hydrogen (secondary N) is 1. The highest BCUT2D eigenvalue weighted by molar-refractivity contribution is 5.47. The van der Waals surface area contributed by atoms with Gasteiger partial charge in [-0.1, -0.05) is 12.1 Å². The Labute approximate surface area is 102 Å². The summed E-state index contributed by atoms with van der Waals surface area (Å²) in [5, 5.41) is 7.45. The minimum atomic E-state index is 0.819. The quantitative estimate of drug-likeness (QED) is 0.873. The highest BCUT2D eigenvalue weighted by Crippen LogP contribution is 2.13. The van der Waals surface area contributed by atoms with Crippen LogP contribution in [0.4, 0.5) is 11.4 Å². The fraction of sp³-hybridized carbons (Fsp3) is 0.308. The molecule has 0 spiro atoms. The Morgan fingerprint density at radius 1 is 1.24 bits per heavy atom. The molecule has 2 rings (SSSR count). The van der Waals surface area contributed by atoms with Gasteiger partial charge in [0.25, 0.3) is 0 Å². The summed E-state index contributed by atoms with van der Waals surface area (Å²) in [5.74, 6) is 0. The molecule has 4 heteroatoms. The topological polar surface area (TPSA) is 33.1 Å². The number of aryl methyl sites for hydroxylation is 1. The standard InChI is InChI=1S/C13H18N4/c1-16(2)13-6-4-11(5-7-13)8-14-12-9-15-17(3)10-12/h4-7,9-10,14H,8H2,1-3H3. The smallest absolute Gasteiger partial charge is 0.0729 e. The first-order chi connectivity index (χ1) is 8.15. The predicted octanol–water partition coefficient (Wildman–Crippen LogP) is 2.10. The van der Waals surface area contributed by atoms with E-state index in [0.717, 1.165) is 12.2 Å². The van der Waals surface area contributed by atoms with Crippen molar-refractivity contribution < 1.29 is 0 Å². The molecule has 4 nitrogen and oxygen atoms in total. The number of benzene rings is 1.